The van der Waals surface area contributed by atoms with E-state index in [1.54, 1.807) is 14.2 Å². The molecule has 3 aliphatic rings. The summed E-state index contributed by atoms with van der Waals surface area (Å²) >= 11 is 0. The zero-order valence-corrected chi connectivity index (χ0v) is 26.0. The van der Waals surface area contributed by atoms with Crippen molar-refractivity contribution in [2.75, 3.05) is 14.2 Å². The standard InChI is InChI=1S/C40H35N3O2/c1-5-29-30(6-2)36-22-28-18-20-34(42-28)40(26-15-11-8-12-16-26)32-23-31(37(44-3)24-38(32)45-4)39(25-13-9-7-10-14-25)33-19-17-27(41-33)21-35(29)43-36/h7-24,43H,5-6H2,1-4H3. The van der Waals surface area contributed by atoms with Gasteiger partial charge in [0.05, 0.1) is 37.0 Å². The maximum atomic E-state index is 6.05. The Kier molecular flexibility index (Phi) is 7.52. The van der Waals surface area contributed by atoms with Gasteiger partial charge in [-0.05, 0) is 77.6 Å². The number of aliphatic imine (C=N–C) groups is 2. The maximum Gasteiger partial charge on any atom is 0.130 e. The third kappa shape index (κ3) is 5.10. The summed E-state index contributed by atoms with van der Waals surface area (Å²) in [6.45, 7) is 4.42. The first-order valence-corrected chi connectivity index (χ1v) is 15.4. The minimum atomic E-state index is 0.705. The second kappa shape index (κ2) is 11.9. The van der Waals surface area contributed by atoms with E-state index in [0.717, 1.165) is 79.8 Å². The number of nitrogens with zero attached hydrogens (tertiary/aromatic N) is 2. The minimum absolute atomic E-state index is 0.705. The van der Waals surface area contributed by atoms with Crippen LogP contribution in [0.25, 0.3) is 23.3 Å². The summed E-state index contributed by atoms with van der Waals surface area (Å²) in [5, 5.41) is 2.18. The first-order chi connectivity index (χ1) is 22.1. The van der Waals surface area contributed by atoms with E-state index in [9.17, 15) is 0 Å². The van der Waals surface area contributed by atoms with Crippen LogP contribution >= 0.6 is 0 Å². The number of aromatic nitrogens is 1. The molecule has 5 nitrogen and oxygen atoms in total. The summed E-state index contributed by atoms with van der Waals surface area (Å²) in [5.74, 6) is 1.41. The zero-order chi connectivity index (χ0) is 30.9. The number of aromatic amines is 1. The van der Waals surface area contributed by atoms with Crippen molar-refractivity contribution in [2.24, 2.45) is 9.98 Å². The maximum absolute atomic E-state index is 6.05. The van der Waals surface area contributed by atoms with Crippen LogP contribution in [0.4, 0.5) is 0 Å². The molecule has 0 amide bonds. The van der Waals surface area contributed by atoms with Gasteiger partial charge in [0.25, 0.3) is 0 Å². The molecule has 0 aliphatic carbocycles. The highest BCUT2D eigenvalue weighted by Crippen LogP contribution is 2.44. The number of hydrogen-bond acceptors (Lipinski definition) is 4. The van der Waals surface area contributed by atoms with E-state index in [2.05, 4.69) is 110 Å². The topological polar surface area (TPSA) is 59.0 Å². The highest BCUT2D eigenvalue weighted by molar-refractivity contribution is 6.21. The highest BCUT2D eigenvalue weighted by atomic mass is 16.5. The van der Waals surface area contributed by atoms with Gasteiger partial charge in [-0.15, -0.1) is 0 Å². The summed E-state index contributed by atoms with van der Waals surface area (Å²) < 4.78 is 12.1. The number of ether oxygens (including phenoxy) is 2. The Balaban J connectivity index is 1.65. The Bertz CT molecular complexity index is 1980. The average Bonchev–Trinajstić information content (AvgIpc) is 3.81. The van der Waals surface area contributed by atoms with E-state index in [0.29, 0.717) is 11.5 Å². The summed E-state index contributed by atoms with van der Waals surface area (Å²) in [5.41, 5.74) is 12.1. The van der Waals surface area contributed by atoms with Gasteiger partial charge in [0.1, 0.15) is 11.5 Å². The first kappa shape index (κ1) is 28.4. The molecule has 1 N–H and O–H groups in total. The smallest absolute Gasteiger partial charge is 0.130 e. The van der Waals surface area contributed by atoms with Crippen LogP contribution in [-0.2, 0) is 12.8 Å². The molecule has 8 bridgehead atoms. The quantitative estimate of drug-likeness (QED) is 0.264. The second-order valence-corrected chi connectivity index (χ2v) is 11.2. The molecule has 0 radical (unpaired) electrons. The number of fused-ring (bicyclic) bond motifs is 6. The number of hydrogen-bond donors (Lipinski definition) is 1. The van der Waals surface area contributed by atoms with E-state index in [1.165, 1.54) is 11.1 Å². The van der Waals surface area contributed by atoms with Gasteiger partial charge in [-0.3, -0.25) is 0 Å². The summed E-state index contributed by atoms with van der Waals surface area (Å²) in [4.78, 5) is 14.1. The zero-order valence-electron chi connectivity index (χ0n) is 26.0. The largest absolute Gasteiger partial charge is 0.496 e. The van der Waals surface area contributed by atoms with Crippen molar-refractivity contribution in [3.63, 3.8) is 0 Å². The highest BCUT2D eigenvalue weighted by Gasteiger charge is 2.24. The molecule has 5 heteroatoms. The SMILES string of the molecule is CCc1c(CC)c2[nH]c1=CC1=NC(=C(c3ccccc3)c3cc(c(OC)cc3OC)C(c3ccccc3)=C3C=CC(=N3)C=2)C=C1. The van der Waals surface area contributed by atoms with Gasteiger partial charge in [-0.2, -0.15) is 0 Å². The fourth-order valence-corrected chi connectivity index (χ4v) is 6.55. The van der Waals surface area contributed by atoms with E-state index in [4.69, 9.17) is 19.5 Å². The molecule has 0 spiro atoms. The Morgan fingerprint density at radius 1 is 0.578 bits per heavy atom. The fourth-order valence-electron chi connectivity index (χ4n) is 6.55. The van der Waals surface area contributed by atoms with Gasteiger partial charge in [0.15, 0.2) is 0 Å². The molecule has 0 fully saturated rings. The van der Waals surface area contributed by atoms with Crippen molar-refractivity contribution in [1.29, 1.82) is 0 Å². The Labute approximate surface area is 263 Å². The molecule has 222 valence electrons. The van der Waals surface area contributed by atoms with Crippen molar-refractivity contribution in [3.05, 3.63) is 153 Å². The lowest BCUT2D eigenvalue weighted by molar-refractivity contribution is 0.393. The van der Waals surface area contributed by atoms with E-state index in [-0.39, 0.29) is 0 Å². The predicted molar refractivity (Wildman–Crippen MR) is 185 cm³/mol. The Hall–Kier alpha value is -5.42. The molecule has 3 aromatic carbocycles. The van der Waals surface area contributed by atoms with Crippen LogP contribution in [-0.4, -0.2) is 30.6 Å². The van der Waals surface area contributed by atoms with Gasteiger partial charge in [-0.1, -0.05) is 74.5 Å². The van der Waals surface area contributed by atoms with Gasteiger partial charge < -0.3 is 14.5 Å². The van der Waals surface area contributed by atoms with Crippen molar-refractivity contribution in [2.45, 2.75) is 26.7 Å². The Morgan fingerprint density at radius 2 is 1.02 bits per heavy atom. The number of rotatable bonds is 6. The van der Waals surface area contributed by atoms with E-state index < -0.39 is 0 Å². The van der Waals surface area contributed by atoms with Crippen LogP contribution in [0.1, 0.15) is 47.2 Å². The molecule has 1 aromatic heterocycles. The van der Waals surface area contributed by atoms with Gasteiger partial charge in [0, 0.05) is 39.0 Å². The average molecular weight is 590 g/mol. The molecule has 0 saturated heterocycles. The normalized spacial score (nSPS) is 15.1. The lowest BCUT2D eigenvalue weighted by Crippen LogP contribution is -2.14. The van der Waals surface area contributed by atoms with Crippen molar-refractivity contribution in [3.8, 4) is 11.5 Å². The van der Waals surface area contributed by atoms with Gasteiger partial charge >= 0.3 is 0 Å². The summed E-state index contributed by atoms with van der Waals surface area (Å²) in [6.07, 6.45) is 14.5. The molecule has 0 unspecified atom stereocenters. The first-order valence-electron chi connectivity index (χ1n) is 15.4. The van der Waals surface area contributed by atoms with E-state index in [1.807, 2.05) is 18.2 Å². The molecule has 0 atom stereocenters. The third-order valence-electron chi connectivity index (χ3n) is 8.60. The minimum Gasteiger partial charge on any atom is -0.496 e. The molecule has 4 heterocycles. The molecule has 45 heavy (non-hydrogen) atoms. The van der Waals surface area contributed by atoms with Crippen LogP contribution in [0.5, 0.6) is 11.5 Å². The summed E-state index contributed by atoms with van der Waals surface area (Å²) in [6, 6.07) is 24.9. The number of allylic oxidation sites excluding steroid dienone is 4. The van der Waals surface area contributed by atoms with Gasteiger partial charge in [0.2, 0.25) is 0 Å². The summed E-state index contributed by atoms with van der Waals surface area (Å²) in [7, 11) is 3.40. The lowest BCUT2D eigenvalue weighted by atomic mass is 9.89. The van der Waals surface area contributed by atoms with Crippen LogP contribution in [0.15, 0.2) is 118 Å². The molecule has 0 saturated carbocycles. The molecule has 7 rings (SSSR count). The molecular weight excluding hydrogens is 554 g/mol. The van der Waals surface area contributed by atoms with Crippen LogP contribution in [0, 0.1) is 0 Å². The number of methoxy groups -OCH3 is 2. The van der Waals surface area contributed by atoms with Crippen molar-refractivity contribution in [1.82, 2.24) is 4.98 Å². The van der Waals surface area contributed by atoms with E-state index >= 15 is 0 Å². The lowest BCUT2D eigenvalue weighted by Gasteiger charge is -2.20. The number of H-pyrrole nitrogens is 1. The third-order valence-corrected chi connectivity index (χ3v) is 8.60. The second-order valence-electron chi connectivity index (χ2n) is 11.2. The van der Waals surface area contributed by atoms with Crippen LogP contribution in [0.2, 0.25) is 0 Å². The number of nitrogens with one attached hydrogen (secondary N) is 1. The van der Waals surface area contributed by atoms with Crippen LogP contribution < -0.4 is 20.2 Å². The predicted octanol–water partition coefficient (Wildman–Crippen LogP) is 6.97. The Morgan fingerprint density at radius 3 is 1.42 bits per heavy atom. The fraction of sp³-hybridized carbons (Fsp3) is 0.150. The van der Waals surface area contributed by atoms with Crippen molar-refractivity contribution >= 4 is 34.7 Å². The molecular formula is C40H35N3O2. The monoisotopic (exact) mass is 589 g/mol. The van der Waals surface area contributed by atoms with Crippen LogP contribution in [0.3, 0.4) is 0 Å². The van der Waals surface area contributed by atoms with Crippen molar-refractivity contribution < 1.29 is 9.47 Å². The molecule has 4 aromatic rings. The number of benzene rings is 3. The van der Waals surface area contributed by atoms with Gasteiger partial charge in [-0.25, -0.2) is 9.98 Å². The molecule has 3 aliphatic heterocycles.